The van der Waals surface area contributed by atoms with Gasteiger partial charge in [0, 0.05) is 24.5 Å². The first kappa shape index (κ1) is 27.2. The minimum atomic E-state index is -0.611. The standard InChI is InChI=1S/C27H30FN5O4S/c1-5-32(6-2)22(34)15-37-20-13-11-18(12-14-20)24-23(25(35)36-4)17(3)29-26-30-27(31-33(24)26)38-16-19-9-7-8-10-21(19)28/h7-14,24H,5-6,15-16H2,1-4H3,(H,29,30,31). The third-order valence-electron chi connectivity index (χ3n) is 6.23. The van der Waals surface area contributed by atoms with Gasteiger partial charge in [-0.05, 0) is 50.1 Å². The number of benzene rings is 2. The highest BCUT2D eigenvalue weighted by atomic mass is 32.2. The van der Waals surface area contributed by atoms with E-state index in [4.69, 9.17) is 9.47 Å². The number of fused-ring (bicyclic) bond motifs is 1. The van der Waals surface area contributed by atoms with E-state index in [1.165, 1.54) is 24.9 Å². The summed E-state index contributed by atoms with van der Waals surface area (Å²) in [5.74, 6) is 0.481. The average molecular weight is 540 g/mol. The van der Waals surface area contributed by atoms with Gasteiger partial charge < -0.3 is 19.7 Å². The Bertz CT molecular complexity index is 1340. The number of amides is 1. The van der Waals surface area contributed by atoms with Gasteiger partial charge in [-0.25, -0.2) is 13.9 Å². The molecule has 0 bridgehead atoms. The van der Waals surface area contributed by atoms with E-state index in [2.05, 4.69) is 15.4 Å². The molecular weight excluding hydrogens is 509 g/mol. The van der Waals surface area contributed by atoms with E-state index in [1.54, 1.807) is 46.8 Å². The van der Waals surface area contributed by atoms with Gasteiger partial charge in [0.25, 0.3) is 5.91 Å². The van der Waals surface area contributed by atoms with Crippen LogP contribution in [0.1, 0.15) is 37.9 Å². The van der Waals surface area contributed by atoms with Crippen molar-refractivity contribution in [2.24, 2.45) is 0 Å². The summed E-state index contributed by atoms with van der Waals surface area (Å²) in [6.07, 6.45) is 0. The number of esters is 1. The zero-order chi connectivity index (χ0) is 27.2. The molecule has 4 rings (SSSR count). The van der Waals surface area contributed by atoms with Gasteiger partial charge in [0.1, 0.15) is 17.6 Å². The fourth-order valence-corrected chi connectivity index (χ4v) is 5.01. The first-order valence-corrected chi connectivity index (χ1v) is 13.2. The number of anilines is 1. The summed E-state index contributed by atoms with van der Waals surface area (Å²) in [5, 5.41) is 8.21. The number of hydrogen-bond acceptors (Lipinski definition) is 8. The summed E-state index contributed by atoms with van der Waals surface area (Å²) in [6, 6.07) is 13.1. The molecule has 200 valence electrons. The molecule has 1 N–H and O–H groups in total. The third kappa shape index (κ3) is 5.83. The highest BCUT2D eigenvalue weighted by Crippen LogP contribution is 2.37. The number of ether oxygens (including phenoxy) is 2. The average Bonchev–Trinajstić information content (AvgIpc) is 3.33. The summed E-state index contributed by atoms with van der Waals surface area (Å²) in [4.78, 5) is 31.3. The number of aromatic nitrogens is 3. The van der Waals surface area contributed by atoms with Crippen LogP contribution >= 0.6 is 11.8 Å². The van der Waals surface area contributed by atoms with Gasteiger partial charge in [-0.15, -0.1) is 5.10 Å². The molecular formula is C27H30FN5O4S. The van der Waals surface area contributed by atoms with Crippen molar-refractivity contribution in [3.05, 3.63) is 76.7 Å². The Kier molecular flexibility index (Phi) is 8.67. The molecule has 11 heteroatoms. The molecule has 0 radical (unpaired) electrons. The summed E-state index contributed by atoms with van der Waals surface area (Å²) < 4.78 is 26.5. The highest BCUT2D eigenvalue weighted by molar-refractivity contribution is 7.98. The molecule has 38 heavy (non-hydrogen) atoms. The number of rotatable bonds is 10. The van der Waals surface area contributed by atoms with Crippen LogP contribution in [0.15, 0.2) is 65.0 Å². The van der Waals surface area contributed by atoms with E-state index in [1.807, 2.05) is 26.0 Å². The van der Waals surface area contributed by atoms with Gasteiger partial charge in [-0.3, -0.25) is 4.79 Å². The molecule has 1 aliphatic rings. The molecule has 2 aromatic carbocycles. The Labute approximate surface area is 225 Å². The number of carbonyl (C=O) groups excluding carboxylic acids is 2. The highest BCUT2D eigenvalue weighted by Gasteiger charge is 2.35. The minimum Gasteiger partial charge on any atom is -0.484 e. The van der Waals surface area contributed by atoms with Crippen LogP contribution in [0.3, 0.4) is 0 Å². The lowest BCUT2D eigenvalue weighted by molar-refractivity contribution is -0.136. The number of carbonyl (C=O) groups is 2. The van der Waals surface area contributed by atoms with Gasteiger partial charge >= 0.3 is 5.97 Å². The number of methoxy groups -OCH3 is 1. The van der Waals surface area contributed by atoms with Crippen molar-refractivity contribution in [1.29, 1.82) is 0 Å². The summed E-state index contributed by atoms with van der Waals surface area (Å²) in [6.45, 7) is 6.81. The quantitative estimate of drug-likeness (QED) is 0.299. The van der Waals surface area contributed by atoms with Crippen molar-refractivity contribution in [3.8, 4) is 5.75 Å². The second-order valence-corrected chi connectivity index (χ2v) is 9.47. The van der Waals surface area contributed by atoms with E-state index in [9.17, 15) is 14.0 Å². The number of nitrogens with zero attached hydrogens (tertiary/aromatic N) is 4. The molecule has 1 aromatic heterocycles. The third-order valence-corrected chi connectivity index (χ3v) is 7.11. The fourth-order valence-electron chi connectivity index (χ4n) is 4.19. The summed E-state index contributed by atoms with van der Waals surface area (Å²) in [7, 11) is 1.33. The lowest BCUT2D eigenvalue weighted by Crippen LogP contribution is -2.34. The fraction of sp³-hybridized carbons (Fsp3) is 0.333. The SMILES string of the molecule is CCN(CC)C(=O)COc1ccc(C2C(C(=O)OC)=C(C)Nc3nc(SCc4ccccc4F)nn32)cc1. The van der Waals surface area contributed by atoms with Crippen molar-refractivity contribution >= 4 is 29.6 Å². The molecule has 1 unspecified atom stereocenters. The zero-order valence-electron chi connectivity index (χ0n) is 21.7. The number of thioether (sulfide) groups is 1. The number of halogens is 1. The van der Waals surface area contributed by atoms with Crippen LogP contribution in [-0.2, 0) is 20.1 Å². The Hall–Kier alpha value is -3.86. The zero-order valence-corrected chi connectivity index (χ0v) is 22.5. The number of hydrogen-bond donors (Lipinski definition) is 1. The molecule has 1 aliphatic heterocycles. The minimum absolute atomic E-state index is 0.0589. The van der Waals surface area contributed by atoms with Crippen molar-refractivity contribution in [3.63, 3.8) is 0 Å². The first-order chi connectivity index (χ1) is 18.4. The predicted molar refractivity (Wildman–Crippen MR) is 142 cm³/mol. The first-order valence-electron chi connectivity index (χ1n) is 12.3. The monoisotopic (exact) mass is 539 g/mol. The molecule has 3 aromatic rings. The van der Waals surface area contributed by atoms with Gasteiger partial charge in [-0.2, -0.15) is 4.98 Å². The van der Waals surface area contributed by atoms with Crippen LogP contribution in [-0.4, -0.2) is 58.3 Å². The van der Waals surface area contributed by atoms with Gasteiger partial charge in [-0.1, -0.05) is 42.1 Å². The Balaban J connectivity index is 1.59. The normalized spacial score (nSPS) is 14.5. The van der Waals surface area contributed by atoms with E-state index >= 15 is 0 Å². The maximum Gasteiger partial charge on any atom is 0.338 e. The molecule has 1 amide bonds. The largest absolute Gasteiger partial charge is 0.484 e. The Morgan fingerprint density at radius 2 is 1.84 bits per heavy atom. The smallest absolute Gasteiger partial charge is 0.338 e. The van der Waals surface area contributed by atoms with E-state index in [0.29, 0.717) is 52.5 Å². The molecule has 1 atom stereocenters. The van der Waals surface area contributed by atoms with Crippen molar-refractivity contribution in [2.45, 2.75) is 37.7 Å². The van der Waals surface area contributed by atoms with E-state index in [-0.39, 0.29) is 18.3 Å². The van der Waals surface area contributed by atoms with Crippen LogP contribution in [0, 0.1) is 5.82 Å². The second kappa shape index (κ2) is 12.1. The summed E-state index contributed by atoms with van der Waals surface area (Å²) in [5.41, 5.74) is 2.29. The molecule has 0 saturated heterocycles. The van der Waals surface area contributed by atoms with Gasteiger partial charge in [0.15, 0.2) is 6.61 Å². The molecule has 0 fully saturated rings. The topological polar surface area (TPSA) is 98.6 Å². The van der Waals surface area contributed by atoms with Gasteiger partial charge in [0.05, 0.1) is 12.7 Å². The molecule has 0 spiro atoms. The van der Waals surface area contributed by atoms with Crippen LogP contribution in [0.4, 0.5) is 10.3 Å². The van der Waals surface area contributed by atoms with E-state index < -0.39 is 12.0 Å². The van der Waals surface area contributed by atoms with Crippen LogP contribution < -0.4 is 10.1 Å². The van der Waals surface area contributed by atoms with E-state index in [0.717, 1.165) is 5.56 Å². The lowest BCUT2D eigenvalue weighted by atomic mass is 9.96. The van der Waals surface area contributed by atoms with Crippen LogP contribution in [0.25, 0.3) is 0 Å². The Morgan fingerprint density at radius 3 is 2.50 bits per heavy atom. The summed E-state index contributed by atoms with van der Waals surface area (Å²) >= 11 is 1.30. The van der Waals surface area contributed by atoms with Crippen molar-refractivity contribution in [1.82, 2.24) is 19.7 Å². The van der Waals surface area contributed by atoms with Crippen molar-refractivity contribution in [2.75, 3.05) is 32.1 Å². The number of nitrogens with one attached hydrogen (secondary N) is 1. The van der Waals surface area contributed by atoms with Crippen molar-refractivity contribution < 1.29 is 23.5 Å². The maximum atomic E-state index is 14.1. The van der Waals surface area contributed by atoms with Gasteiger partial charge in [0.2, 0.25) is 11.1 Å². The molecule has 0 saturated carbocycles. The number of likely N-dealkylation sites (N-methyl/N-ethyl adjacent to an activating group) is 1. The number of allylic oxidation sites excluding steroid dienone is 1. The van der Waals surface area contributed by atoms with Crippen LogP contribution in [0.2, 0.25) is 0 Å². The predicted octanol–water partition coefficient (Wildman–Crippen LogP) is 4.42. The van der Waals surface area contributed by atoms with Crippen LogP contribution in [0.5, 0.6) is 5.75 Å². The second-order valence-electron chi connectivity index (χ2n) is 8.52. The Morgan fingerprint density at radius 1 is 1.13 bits per heavy atom. The lowest BCUT2D eigenvalue weighted by Gasteiger charge is -2.27. The molecule has 9 nitrogen and oxygen atoms in total. The molecule has 0 aliphatic carbocycles. The maximum absolute atomic E-state index is 14.1. The molecule has 2 heterocycles.